The molecule has 0 saturated carbocycles. The van der Waals surface area contributed by atoms with Gasteiger partial charge in [-0.15, -0.1) is 6.58 Å². The first-order valence-corrected chi connectivity index (χ1v) is 8.01. The third kappa shape index (κ3) is 4.47. The van der Waals surface area contributed by atoms with Gasteiger partial charge in [-0.25, -0.2) is 8.42 Å². The molecule has 0 fully saturated rings. The average Bonchev–Trinajstić information content (AvgIpc) is 2.36. The highest BCUT2D eigenvalue weighted by Gasteiger charge is 2.18. The maximum atomic E-state index is 11.4. The lowest BCUT2D eigenvalue weighted by atomic mass is 10.1. The molecule has 5 nitrogen and oxygen atoms in total. The van der Waals surface area contributed by atoms with Crippen LogP contribution in [-0.4, -0.2) is 43.7 Å². The Balaban J connectivity index is 2.97. The maximum Gasteiger partial charge on any atom is 0.317 e. The monoisotopic (exact) mass is 297 g/mol. The van der Waals surface area contributed by atoms with Crippen molar-refractivity contribution in [2.45, 2.75) is 17.9 Å². The minimum absolute atomic E-state index is 0.0962. The molecule has 1 atom stereocenters. The molecular formula is C14H19NO4S. The Hall–Kier alpha value is -1.66. The molecule has 0 aromatic heterocycles. The van der Waals surface area contributed by atoms with Crippen molar-refractivity contribution in [1.29, 1.82) is 0 Å². The van der Waals surface area contributed by atoms with Crippen LogP contribution in [0.15, 0.2) is 41.8 Å². The summed E-state index contributed by atoms with van der Waals surface area (Å²) in [5.74, 6) is -0.911. The Morgan fingerprint density at radius 2 is 1.95 bits per heavy atom. The summed E-state index contributed by atoms with van der Waals surface area (Å²) in [4.78, 5) is 12.8. The molecule has 1 unspecified atom stereocenters. The molecule has 1 aromatic carbocycles. The van der Waals surface area contributed by atoms with Crippen LogP contribution >= 0.6 is 0 Å². The Morgan fingerprint density at radius 1 is 1.40 bits per heavy atom. The fraction of sp³-hybridized carbons (Fsp3) is 0.357. The normalized spacial score (nSPS) is 13.2. The number of benzene rings is 1. The number of hydrogen-bond donors (Lipinski definition) is 1. The summed E-state index contributed by atoms with van der Waals surface area (Å²) in [7, 11) is -3.22. The van der Waals surface area contributed by atoms with E-state index in [4.69, 9.17) is 5.11 Å². The minimum atomic E-state index is -3.22. The Kier molecular flexibility index (Phi) is 5.47. The van der Waals surface area contributed by atoms with E-state index in [1.807, 2.05) is 6.92 Å². The standard InChI is InChI=1S/C14H19NO4S/c1-4-9-15(10-14(16)17)11(2)12-5-7-13(8-6-12)20(3,18)19/h4-8,11H,1,9-10H2,2-3H3,(H,16,17). The van der Waals surface area contributed by atoms with Crippen LogP contribution < -0.4 is 0 Å². The number of rotatable bonds is 7. The van der Waals surface area contributed by atoms with Gasteiger partial charge in [0.15, 0.2) is 9.84 Å². The highest BCUT2D eigenvalue weighted by molar-refractivity contribution is 7.90. The van der Waals surface area contributed by atoms with Crippen molar-refractivity contribution in [3.8, 4) is 0 Å². The van der Waals surface area contributed by atoms with Crippen molar-refractivity contribution in [2.24, 2.45) is 0 Å². The van der Waals surface area contributed by atoms with Gasteiger partial charge in [0.1, 0.15) is 0 Å². The second-order valence-corrected chi connectivity index (χ2v) is 6.64. The van der Waals surface area contributed by atoms with Gasteiger partial charge in [-0.1, -0.05) is 18.2 Å². The first-order chi connectivity index (χ1) is 9.25. The van der Waals surface area contributed by atoms with Gasteiger partial charge in [0.25, 0.3) is 0 Å². The summed E-state index contributed by atoms with van der Waals surface area (Å²) in [6, 6.07) is 6.35. The third-order valence-electron chi connectivity index (χ3n) is 3.04. The number of sulfone groups is 1. The van der Waals surface area contributed by atoms with Crippen molar-refractivity contribution >= 4 is 15.8 Å². The van der Waals surface area contributed by atoms with E-state index in [2.05, 4.69) is 6.58 Å². The fourth-order valence-electron chi connectivity index (χ4n) is 1.90. The van der Waals surface area contributed by atoms with Crippen molar-refractivity contribution in [3.63, 3.8) is 0 Å². The van der Waals surface area contributed by atoms with E-state index < -0.39 is 15.8 Å². The van der Waals surface area contributed by atoms with Crippen LogP contribution in [0.1, 0.15) is 18.5 Å². The summed E-state index contributed by atoms with van der Waals surface area (Å²) in [5, 5.41) is 8.90. The number of carboxylic acids is 1. The molecule has 0 amide bonds. The van der Waals surface area contributed by atoms with Gasteiger partial charge in [-0.3, -0.25) is 9.69 Å². The van der Waals surface area contributed by atoms with Crippen LogP contribution in [0.4, 0.5) is 0 Å². The lowest BCUT2D eigenvalue weighted by molar-refractivity contribution is -0.138. The molecule has 110 valence electrons. The molecular weight excluding hydrogens is 278 g/mol. The quantitative estimate of drug-likeness (QED) is 0.776. The van der Waals surface area contributed by atoms with E-state index in [0.717, 1.165) is 11.8 Å². The summed E-state index contributed by atoms with van der Waals surface area (Å²) >= 11 is 0. The minimum Gasteiger partial charge on any atom is -0.480 e. The molecule has 0 heterocycles. The Morgan fingerprint density at radius 3 is 2.35 bits per heavy atom. The van der Waals surface area contributed by atoms with Crippen molar-refractivity contribution in [3.05, 3.63) is 42.5 Å². The lowest BCUT2D eigenvalue weighted by Gasteiger charge is -2.26. The molecule has 0 saturated heterocycles. The second-order valence-electron chi connectivity index (χ2n) is 4.63. The molecule has 1 N–H and O–H groups in total. The average molecular weight is 297 g/mol. The first kappa shape index (κ1) is 16.4. The molecule has 6 heteroatoms. The predicted molar refractivity (Wildman–Crippen MR) is 77.4 cm³/mol. The van der Waals surface area contributed by atoms with Gasteiger partial charge in [-0.2, -0.15) is 0 Å². The first-order valence-electron chi connectivity index (χ1n) is 6.12. The molecule has 0 aliphatic carbocycles. The number of carboxylic acid groups (broad SMARTS) is 1. The van der Waals surface area contributed by atoms with Gasteiger partial charge in [0.2, 0.25) is 0 Å². The third-order valence-corrected chi connectivity index (χ3v) is 4.17. The lowest BCUT2D eigenvalue weighted by Crippen LogP contribution is -2.32. The molecule has 0 spiro atoms. The molecule has 0 bridgehead atoms. The van der Waals surface area contributed by atoms with Gasteiger partial charge in [-0.05, 0) is 24.6 Å². The van der Waals surface area contributed by atoms with Gasteiger partial charge >= 0.3 is 5.97 Å². The van der Waals surface area contributed by atoms with E-state index in [9.17, 15) is 13.2 Å². The van der Waals surface area contributed by atoms with Gasteiger partial charge < -0.3 is 5.11 Å². The number of aliphatic carboxylic acids is 1. The molecule has 0 aliphatic heterocycles. The Labute approximate surface area is 119 Å². The fourth-order valence-corrected chi connectivity index (χ4v) is 2.53. The molecule has 20 heavy (non-hydrogen) atoms. The summed E-state index contributed by atoms with van der Waals surface area (Å²) in [5.41, 5.74) is 0.862. The zero-order chi connectivity index (χ0) is 15.3. The van der Waals surface area contributed by atoms with Crippen LogP contribution in [0.2, 0.25) is 0 Å². The summed E-state index contributed by atoms with van der Waals surface area (Å²) < 4.78 is 22.8. The number of hydrogen-bond acceptors (Lipinski definition) is 4. The van der Waals surface area contributed by atoms with Crippen molar-refractivity contribution in [2.75, 3.05) is 19.3 Å². The van der Waals surface area contributed by atoms with Crippen LogP contribution in [0.25, 0.3) is 0 Å². The summed E-state index contributed by atoms with van der Waals surface area (Å²) in [6.07, 6.45) is 2.80. The van der Waals surface area contributed by atoms with Crippen LogP contribution in [-0.2, 0) is 14.6 Å². The van der Waals surface area contributed by atoms with Crippen molar-refractivity contribution < 1.29 is 18.3 Å². The smallest absolute Gasteiger partial charge is 0.317 e. The largest absolute Gasteiger partial charge is 0.480 e. The SMILES string of the molecule is C=CCN(CC(=O)O)C(C)c1ccc(S(C)(=O)=O)cc1. The van der Waals surface area contributed by atoms with Gasteiger partial charge in [0, 0.05) is 18.8 Å². The van der Waals surface area contributed by atoms with Crippen LogP contribution in [0.3, 0.4) is 0 Å². The number of carbonyl (C=O) groups is 1. The van der Waals surface area contributed by atoms with E-state index in [1.165, 1.54) is 12.1 Å². The summed E-state index contributed by atoms with van der Waals surface area (Å²) in [6.45, 7) is 5.84. The topological polar surface area (TPSA) is 74.7 Å². The molecule has 1 aromatic rings. The Bertz CT molecular complexity index is 578. The zero-order valence-electron chi connectivity index (χ0n) is 11.6. The van der Waals surface area contributed by atoms with Crippen LogP contribution in [0.5, 0.6) is 0 Å². The van der Waals surface area contributed by atoms with Crippen LogP contribution in [0, 0.1) is 0 Å². The molecule has 1 rings (SSSR count). The highest BCUT2D eigenvalue weighted by atomic mass is 32.2. The van der Waals surface area contributed by atoms with E-state index in [-0.39, 0.29) is 17.5 Å². The van der Waals surface area contributed by atoms with Crippen molar-refractivity contribution in [1.82, 2.24) is 4.90 Å². The molecule has 0 aliphatic rings. The van der Waals surface area contributed by atoms with Gasteiger partial charge in [0.05, 0.1) is 11.4 Å². The zero-order valence-corrected chi connectivity index (χ0v) is 12.4. The predicted octanol–water partition coefficient (Wildman–Crippen LogP) is 1.72. The second kappa shape index (κ2) is 6.67. The van der Waals surface area contributed by atoms with E-state index >= 15 is 0 Å². The highest BCUT2D eigenvalue weighted by Crippen LogP contribution is 2.21. The molecule has 0 radical (unpaired) electrons. The van der Waals surface area contributed by atoms with E-state index in [1.54, 1.807) is 23.1 Å². The number of nitrogens with zero attached hydrogens (tertiary/aromatic N) is 1. The maximum absolute atomic E-state index is 11.4. The van der Waals surface area contributed by atoms with E-state index in [0.29, 0.717) is 6.54 Å².